The largest absolute Gasteiger partial charge is 0.465 e. The van der Waals surface area contributed by atoms with Gasteiger partial charge in [-0.05, 0) is 19.8 Å². The molecule has 1 aromatic carbocycles. The number of imidazole rings is 1. The van der Waals surface area contributed by atoms with Crippen molar-refractivity contribution in [3.8, 4) is 11.4 Å². The zero-order chi connectivity index (χ0) is 19.7. The van der Waals surface area contributed by atoms with Crippen LogP contribution in [-0.2, 0) is 6.54 Å². The van der Waals surface area contributed by atoms with Crippen molar-refractivity contribution in [2.75, 3.05) is 6.54 Å². The van der Waals surface area contributed by atoms with Gasteiger partial charge in [-0.25, -0.2) is 9.78 Å². The smallest absolute Gasteiger partial charge is 0.407 e. The molecule has 0 spiro atoms. The Morgan fingerprint density at radius 3 is 2.54 bits per heavy atom. The van der Waals surface area contributed by atoms with Crippen molar-refractivity contribution in [1.29, 1.82) is 0 Å². The maximum atomic E-state index is 13.1. The Labute approximate surface area is 164 Å². The van der Waals surface area contributed by atoms with Gasteiger partial charge in [-0.2, -0.15) is 0 Å². The van der Waals surface area contributed by atoms with Gasteiger partial charge in [-0.15, -0.1) is 0 Å². The summed E-state index contributed by atoms with van der Waals surface area (Å²) >= 11 is 0. The van der Waals surface area contributed by atoms with Crippen LogP contribution in [0.2, 0.25) is 0 Å². The molecule has 7 heteroatoms. The molecule has 1 aliphatic carbocycles. The number of nitrogens with one attached hydrogen (secondary N) is 1. The quantitative estimate of drug-likeness (QED) is 0.848. The van der Waals surface area contributed by atoms with Crippen LogP contribution in [0.15, 0.2) is 30.3 Å². The summed E-state index contributed by atoms with van der Waals surface area (Å²) in [5.41, 5.74) is 1.95. The molecule has 28 heavy (non-hydrogen) atoms. The minimum atomic E-state index is -0.973. The minimum absolute atomic E-state index is 0.0983. The molecule has 0 bridgehead atoms. The number of aromatic nitrogens is 2. The van der Waals surface area contributed by atoms with Gasteiger partial charge in [0.2, 0.25) is 0 Å². The summed E-state index contributed by atoms with van der Waals surface area (Å²) in [6.07, 6.45) is 4.49. The van der Waals surface area contributed by atoms with Crippen molar-refractivity contribution in [1.82, 2.24) is 19.8 Å². The number of nitrogens with zero attached hydrogens (tertiary/aromatic N) is 3. The van der Waals surface area contributed by atoms with Gasteiger partial charge in [-0.3, -0.25) is 4.79 Å². The highest BCUT2D eigenvalue weighted by atomic mass is 16.4. The first-order chi connectivity index (χ1) is 13.5. The molecule has 1 saturated carbocycles. The molecule has 2 amide bonds. The van der Waals surface area contributed by atoms with Crippen molar-refractivity contribution in [3.05, 3.63) is 41.7 Å². The number of amides is 2. The Morgan fingerprint density at radius 2 is 1.86 bits per heavy atom. The second-order valence-corrected chi connectivity index (χ2v) is 7.79. The molecule has 1 unspecified atom stereocenters. The van der Waals surface area contributed by atoms with Gasteiger partial charge < -0.3 is 19.9 Å². The molecule has 4 rings (SSSR count). The van der Waals surface area contributed by atoms with E-state index in [1.54, 1.807) is 0 Å². The van der Waals surface area contributed by atoms with Crippen LogP contribution >= 0.6 is 0 Å². The van der Waals surface area contributed by atoms with Crippen LogP contribution in [0.25, 0.3) is 11.4 Å². The van der Waals surface area contributed by atoms with E-state index in [4.69, 9.17) is 4.98 Å². The lowest BCUT2D eigenvalue weighted by Gasteiger charge is -2.32. The van der Waals surface area contributed by atoms with Crippen molar-refractivity contribution in [2.45, 2.75) is 57.7 Å². The maximum Gasteiger partial charge on any atom is 0.407 e. The van der Waals surface area contributed by atoms with Crippen LogP contribution in [0.4, 0.5) is 4.79 Å². The third-order valence-electron chi connectivity index (χ3n) is 5.73. The van der Waals surface area contributed by atoms with Gasteiger partial charge in [0.15, 0.2) is 5.69 Å². The predicted octanol–water partition coefficient (Wildman–Crippen LogP) is 3.67. The molecule has 0 radical (unpaired) electrons. The van der Waals surface area contributed by atoms with Gasteiger partial charge in [0.05, 0.1) is 18.3 Å². The van der Waals surface area contributed by atoms with E-state index < -0.39 is 6.09 Å². The molecule has 1 aromatic heterocycles. The van der Waals surface area contributed by atoms with Crippen molar-refractivity contribution in [3.63, 3.8) is 0 Å². The number of carbonyl (C=O) groups excluding carboxylic acids is 1. The first-order valence-corrected chi connectivity index (χ1v) is 10.00. The summed E-state index contributed by atoms with van der Waals surface area (Å²) in [6.45, 7) is 2.52. The Morgan fingerprint density at radius 1 is 1.14 bits per heavy atom. The molecule has 148 valence electrons. The normalized spacial score (nSPS) is 19.9. The van der Waals surface area contributed by atoms with E-state index in [9.17, 15) is 14.7 Å². The van der Waals surface area contributed by atoms with E-state index in [0.29, 0.717) is 17.9 Å². The summed E-state index contributed by atoms with van der Waals surface area (Å²) in [5, 5.41) is 12.6. The third kappa shape index (κ3) is 3.48. The second kappa shape index (κ2) is 7.66. The zero-order valence-corrected chi connectivity index (χ0v) is 16.1. The summed E-state index contributed by atoms with van der Waals surface area (Å²) in [6, 6.07) is 9.83. The first kappa shape index (κ1) is 18.5. The highest BCUT2D eigenvalue weighted by Crippen LogP contribution is 2.31. The number of hydrogen-bond donors (Lipinski definition) is 2. The number of benzene rings is 1. The molecule has 1 fully saturated rings. The number of fused-ring (bicyclic) bond motifs is 1. The average molecular weight is 382 g/mol. The van der Waals surface area contributed by atoms with Crippen LogP contribution in [0, 0.1) is 0 Å². The second-order valence-electron chi connectivity index (χ2n) is 7.79. The SMILES string of the molecule is CC1CN(C(=O)O)Cc2c(C(=O)NC3CCCCC3)nc(-c3ccccc3)n21. The monoisotopic (exact) mass is 382 g/mol. The van der Waals surface area contributed by atoms with Gasteiger partial charge in [0.25, 0.3) is 5.91 Å². The highest BCUT2D eigenvalue weighted by Gasteiger charge is 2.33. The Hall–Kier alpha value is -2.83. The highest BCUT2D eigenvalue weighted by molar-refractivity contribution is 5.94. The molecular weight excluding hydrogens is 356 g/mol. The predicted molar refractivity (Wildman–Crippen MR) is 105 cm³/mol. The molecule has 2 N–H and O–H groups in total. The molecule has 7 nitrogen and oxygen atoms in total. The number of carboxylic acid groups (broad SMARTS) is 1. The van der Waals surface area contributed by atoms with Crippen LogP contribution in [0.3, 0.4) is 0 Å². The topological polar surface area (TPSA) is 87.5 Å². The van der Waals surface area contributed by atoms with Gasteiger partial charge in [0.1, 0.15) is 5.82 Å². The lowest BCUT2D eigenvalue weighted by atomic mass is 9.95. The fraction of sp³-hybridized carbons (Fsp3) is 0.476. The molecule has 1 atom stereocenters. The Bertz CT molecular complexity index is 871. The van der Waals surface area contributed by atoms with Crippen LogP contribution in [0.5, 0.6) is 0 Å². The standard InChI is InChI=1S/C21H26N4O3/c1-14-12-24(21(27)28)13-17-18(20(26)22-16-10-6-3-7-11-16)23-19(25(14)17)15-8-4-2-5-9-15/h2,4-5,8-9,14,16H,3,6-7,10-13H2,1H3,(H,22,26)(H,27,28). The van der Waals surface area contributed by atoms with Crippen LogP contribution < -0.4 is 5.32 Å². The van der Waals surface area contributed by atoms with E-state index in [2.05, 4.69) is 5.32 Å². The average Bonchev–Trinajstić information content (AvgIpc) is 3.10. The molecule has 0 saturated heterocycles. The van der Waals surface area contributed by atoms with Crippen LogP contribution in [-0.4, -0.2) is 44.1 Å². The van der Waals surface area contributed by atoms with E-state index in [1.807, 2.05) is 41.8 Å². The van der Waals surface area contributed by atoms with E-state index in [0.717, 1.165) is 37.1 Å². The van der Waals surface area contributed by atoms with E-state index in [-0.39, 0.29) is 24.5 Å². The van der Waals surface area contributed by atoms with Gasteiger partial charge in [-0.1, -0.05) is 49.6 Å². The summed E-state index contributed by atoms with van der Waals surface area (Å²) in [7, 11) is 0. The molecule has 2 aliphatic rings. The fourth-order valence-electron chi connectivity index (χ4n) is 4.36. The van der Waals surface area contributed by atoms with Crippen molar-refractivity contribution >= 4 is 12.0 Å². The summed E-state index contributed by atoms with van der Waals surface area (Å²) in [4.78, 5) is 30.7. The number of carbonyl (C=O) groups is 2. The van der Waals surface area contributed by atoms with Crippen molar-refractivity contribution in [2.24, 2.45) is 0 Å². The molecule has 1 aliphatic heterocycles. The van der Waals surface area contributed by atoms with E-state index >= 15 is 0 Å². The minimum Gasteiger partial charge on any atom is -0.465 e. The van der Waals surface area contributed by atoms with Gasteiger partial charge >= 0.3 is 6.09 Å². The molecule has 2 heterocycles. The van der Waals surface area contributed by atoms with Crippen LogP contribution in [0.1, 0.15) is 61.3 Å². The molecule has 2 aromatic rings. The lowest BCUT2D eigenvalue weighted by Crippen LogP contribution is -2.41. The maximum absolute atomic E-state index is 13.1. The van der Waals surface area contributed by atoms with Crippen molar-refractivity contribution < 1.29 is 14.7 Å². The third-order valence-corrected chi connectivity index (χ3v) is 5.73. The summed E-state index contributed by atoms with van der Waals surface area (Å²) in [5.74, 6) is 0.527. The summed E-state index contributed by atoms with van der Waals surface area (Å²) < 4.78 is 2.03. The zero-order valence-electron chi connectivity index (χ0n) is 16.1. The number of rotatable bonds is 3. The Balaban J connectivity index is 1.73. The van der Waals surface area contributed by atoms with E-state index in [1.165, 1.54) is 11.3 Å². The lowest BCUT2D eigenvalue weighted by molar-refractivity contribution is 0.0915. The first-order valence-electron chi connectivity index (χ1n) is 10.00. The van der Waals surface area contributed by atoms with Gasteiger partial charge in [0, 0.05) is 18.2 Å². The Kier molecular flexibility index (Phi) is 5.07. The molecular formula is C21H26N4O3. The fourth-order valence-corrected chi connectivity index (χ4v) is 4.36. The number of hydrogen-bond acceptors (Lipinski definition) is 3.